The Balaban J connectivity index is 1.75. The van der Waals surface area contributed by atoms with Gasteiger partial charge in [-0.05, 0) is 25.8 Å². The lowest BCUT2D eigenvalue weighted by molar-refractivity contribution is 0.147. The molecule has 11 heavy (non-hydrogen) atoms. The van der Waals surface area contributed by atoms with Crippen LogP contribution in [-0.4, -0.2) is 36.7 Å². The van der Waals surface area contributed by atoms with Crippen LogP contribution in [0.2, 0.25) is 0 Å². The zero-order valence-electron chi connectivity index (χ0n) is 7.31. The van der Waals surface area contributed by atoms with Gasteiger partial charge < -0.3 is 9.64 Å². The van der Waals surface area contributed by atoms with Crippen LogP contribution >= 0.6 is 0 Å². The maximum Gasteiger partial charge on any atom is 0.0940 e. The van der Waals surface area contributed by atoms with Crippen LogP contribution in [0.15, 0.2) is 0 Å². The second-order valence-corrected chi connectivity index (χ2v) is 3.81. The summed E-state index contributed by atoms with van der Waals surface area (Å²) in [6.07, 6.45) is 3.83. The van der Waals surface area contributed by atoms with Gasteiger partial charge in [-0.2, -0.15) is 0 Å². The predicted molar refractivity (Wildman–Crippen MR) is 44.6 cm³/mol. The topological polar surface area (TPSA) is 15.8 Å². The first-order valence-electron chi connectivity index (χ1n) is 4.71. The average molecular weight is 155 g/mol. The van der Waals surface area contributed by atoms with Crippen LogP contribution in [-0.2, 0) is 4.74 Å². The van der Waals surface area contributed by atoms with E-state index in [0.29, 0.717) is 5.60 Å². The second kappa shape index (κ2) is 2.76. The maximum absolute atomic E-state index is 5.44. The third-order valence-corrected chi connectivity index (χ3v) is 2.86. The minimum absolute atomic E-state index is 0.365. The molecule has 2 fully saturated rings. The highest BCUT2D eigenvalue weighted by atomic mass is 16.6. The molecule has 2 aliphatic rings. The van der Waals surface area contributed by atoms with Crippen LogP contribution < -0.4 is 0 Å². The van der Waals surface area contributed by atoms with Gasteiger partial charge in [0.25, 0.3) is 0 Å². The summed E-state index contributed by atoms with van der Waals surface area (Å²) in [6, 6.07) is 0. The van der Waals surface area contributed by atoms with Gasteiger partial charge in [0.2, 0.25) is 0 Å². The van der Waals surface area contributed by atoms with E-state index in [1.54, 1.807) is 0 Å². The zero-order chi connectivity index (χ0) is 7.73. The van der Waals surface area contributed by atoms with Crippen molar-refractivity contribution in [1.82, 2.24) is 4.90 Å². The molecule has 0 aromatic heterocycles. The number of rotatable bonds is 2. The van der Waals surface area contributed by atoms with Crippen LogP contribution in [0.1, 0.15) is 26.2 Å². The molecule has 0 unspecified atom stereocenters. The average Bonchev–Trinajstić information content (AvgIpc) is 2.76. The lowest BCUT2D eigenvalue weighted by atomic mass is 9.98. The van der Waals surface area contributed by atoms with E-state index >= 15 is 0 Å². The first-order valence-corrected chi connectivity index (χ1v) is 4.71. The molecule has 0 aromatic carbocycles. The summed E-state index contributed by atoms with van der Waals surface area (Å²) >= 11 is 0. The Kier molecular flexibility index (Phi) is 1.90. The summed E-state index contributed by atoms with van der Waals surface area (Å²) in [7, 11) is 0. The number of likely N-dealkylation sites (tertiary alicyclic amines) is 1. The quantitative estimate of drug-likeness (QED) is 0.558. The van der Waals surface area contributed by atoms with Gasteiger partial charge in [0.1, 0.15) is 0 Å². The number of piperidine rings is 1. The number of epoxide rings is 1. The molecule has 2 heterocycles. The Labute approximate surface area is 68.5 Å². The molecule has 0 atom stereocenters. The molecule has 0 aromatic rings. The molecule has 0 aliphatic carbocycles. The lowest BCUT2D eigenvalue weighted by Crippen LogP contribution is -2.37. The molecule has 1 spiro atoms. The fourth-order valence-corrected chi connectivity index (χ4v) is 1.89. The van der Waals surface area contributed by atoms with Crippen molar-refractivity contribution in [1.29, 1.82) is 0 Å². The van der Waals surface area contributed by atoms with E-state index in [2.05, 4.69) is 11.8 Å². The summed E-state index contributed by atoms with van der Waals surface area (Å²) in [5, 5.41) is 0. The molecule has 64 valence electrons. The highest BCUT2D eigenvalue weighted by molar-refractivity contribution is 4.96. The minimum atomic E-state index is 0.365. The third kappa shape index (κ3) is 1.57. The van der Waals surface area contributed by atoms with Crippen LogP contribution in [0.4, 0.5) is 0 Å². The normalized spacial score (nSPS) is 29.2. The summed E-state index contributed by atoms with van der Waals surface area (Å²) in [4.78, 5) is 2.55. The van der Waals surface area contributed by atoms with Crippen molar-refractivity contribution in [3.05, 3.63) is 0 Å². The van der Waals surface area contributed by atoms with Crippen molar-refractivity contribution in [3.8, 4) is 0 Å². The molecule has 2 saturated heterocycles. The number of nitrogens with zero attached hydrogens (tertiary/aromatic N) is 1. The smallest absolute Gasteiger partial charge is 0.0940 e. The minimum Gasteiger partial charge on any atom is -0.369 e. The Morgan fingerprint density at radius 2 is 2.00 bits per heavy atom. The van der Waals surface area contributed by atoms with E-state index in [1.807, 2.05) is 0 Å². The van der Waals surface area contributed by atoms with Gasteiger partial charge in [-0.25, -0.2) is 0 Å². The zero-order valence-corrected chi connectivity index (χ0v) is 7.31. The van der Waals surface area contributed by atoms with Crippen molar-refractivity contribution in [3.63, 3.8) is 0 Å². The monoisotopic (exact) mass is 155 g/mol. The number of hydrogen-bond donors (Lipinski definition) is 0. The Hall–Kier alpha value is -0.0800. The maximum atomic E-state index is 5.44. The molecule has 0 N–H and O–H groups in total. The molecule has 0 amide bonds. The van der Waals surface area contributed by atoms with Crippen LogP contribution in [0.25, 0.3) is 0 Å². The first-order chi connectivity index (χ1) is 5.35. The molecule has 0 saturated carbocycles. The molecule has 2 rings (SSSR count). The first kappa shape index (κ1) is 7.56. The standard InChI is InChI=1S/C9H17NO/c1-2-5-10-6-3-9(4-7-10)8-11-9/h2-8H2,1H3. The number of ether oxygens (including phenoxy) is 1. The van der Waals surface area contributed by atoms with Crippen LogP contribution in [0, 0.1) is 0 Å². The van der Waals surface area contributed by atoms with Crippen molar-refractivity contribution in [2.75, 3.05) is 26.2 Å². The Morgan fingerprint density at radius 1 is 1.36 bits per heavy atom. The highest BCUT2D eigenvalue weighted by Crippen LogP contribution is 2.37. The van der Waals surface area contributed by atoms with Crippen LogP contribution in [0.3, 0.4) is 0 Å². The summed E-state index contributed by atoms with van der Waals surface area (Å²) in [5.74, 6) is 0. The Bertz CT molecular complexity index is 132. The van der Waals surface area contributed by atoms with Gasteiger partial charge in [-0.1, -0.05) is 6.92 Å². The molecular formula is C9H17NO. The van der Waals surface area contributed by atoms with Crippen molar-refractivity contribution >= 4 is 0 Å². The van der Waals surface area contributed by atoms with E-state index in [4.69, 9.17) is 4.74 Å². The van der Waals surface area contributed by atoms with E-state index < -0.39 is 0 Å². The van der Waals surface area contributed by atoms with Gasteiger partial charge in [0.05, 0.1) is 12.2 Å². The third-order valence-electron chi connectivity index (χ3n) is 2.86. The predicted octanol–water partition coefficient (Wildman–Crippen LogP) is 1.26. The summed E-state index contributed by atoms with van der Waals surface area (Å²) < 4.78 is 5.44. The van der Waals surface area contributed by atoms with Gasteiger partial charge in [0, 0.05) is 13.1 Å². The Morgan fingerprint density at radius 3 is 2.45 bits per heavy atom. The van der Waals surface area contributed by atoms with E-state index in [1.165, 1.54) is 38.9 Å². The molecular weight excluding hydrogens is 138 g/mol. The molecule has 2 heteroatoms. The van der Waals surface area contributed by atoms with Gasteiger partial charge in [0.15, 0.2) is 0 Å². The van der Waals surface area contributed by atoms with Crippen molar-refractivity contribution in [2.45, 2.75) is 31.8 Å². The summed E-state index contributed by atoms with van der Waals surface area (Å²) in [5.41, 5.74) is 0.365. The van der Waals surface area contributed by atoms with Gasteiger partial charge in [-0.15, -0.1) is 0 Å². The summed E-state index contributed by atoms with van der Waals surface area (Å²) in [6.45, 7) is 7.07. The van der Waals surface area contributed by atoms with Crippen molar-refractivity contribution < 1.29 is 4.74 Å². The molecule has 0 bridgehead atoms. The fraction of sp³-hybridized carbons (Fsp3) is 1.00. The molecule has 2 nitrogen and oxygen atoms in total. The van der Waals surface area contributed by atoms with Crippen molar-refractivity contribution in [2.24, 2.45) is 0 Å². The SMILES string of the molecule is CCCN1CCC2(CC1)CO2. The fourth-order valence-electron chi connectivity index (χ4n) is 1.89. The highest BCUT2D eigenvalue weighted by Gasteiger charge is 2.46. The molecule has 2 aliphatic heterocycles. The van der Waals surface area contributed by atoms with E-state index in [-0.39, 0.29) is 0 Å². The number of hydrogen-bond acceptors (Lipinski definition) is 2. The van der Waals surface area contributed by atoms with Crippen LogP contribution in [0.5, 0.6) is 0 Å². The molecule has 0 radical (unpaired) electrons. The largest absolute Gasteiger partial charge is 0.369 e. The van der Waals surface area contributed by atoms with Gasteiger partial charge in [-0.3, -0.25) is 0 Å². The van der Waals surface area contributed by atoms with E-state index in [9.17, 15) is 0 Å². The van der Waals surface area contributed by atoms with E-state index in [0.717, 1.165) is 6.61 Å². The lowest BCUT2D eigenvalue weighted by Gasteiger charge is -2.29. The van der Waals surface area contributed by atoms with Gasteiger partial charge >= 0.3 is 0 Å². The second-order valence-electron chi connectivity index (χ2n) is 3.81.